The molecule has 0 aromatic carbocycles. The van der Waals surface area contributed by atoms with Crippen molar-refractivity contribution in [2.45, 2.75) is 30.6 Å². The third-order valence-corrected chi connectivity index (χ3v) is 5.68. The van der Waals surface area contributed by atoms with Crippen molar-refractivity contribution >= 4 is 21.4 Å². The number of sulfonamides is 1. The molecule has 0 spiro atoms. The van der Waals surface area contributed by atoms with Crippen LogP contribution in [0.3, 0.4) is 0 Å². The van der Waals surface area contributed by atoms with E-state index in [2.05, 4.69) is 27.2 Å². The Morgan fingerprint density at radius 1 is 1.24 bits per heavy atom. The zero-order valence-electron chi connectivity index (χ0n) is 11.7. The highest BCUT2D eigenvalue weighted by Crippen LogP contribution is 2.21. The van der Waals surface area contributed by atoms with Crippen LogP contribution < -0.4 is 10.0 Å². The number of thiophene rings is 1. The van der Waals surface area contributed by atoms with Crippen LogP contribution in [0.4, 0.5) is 0 Å². The van der Waals surface area contributed by atoms with Gasteiger partial charge in [0, 0.05) is 17.6 Å². The fraction of sp³-hybridized carbons (Fsp3) is 0.385. The molecule has 0 amide bonds. The molecule has 2 aromatic rings. The first-order valence-electron chi connectivity index (χ1n) is 6.67. The van der Waals surface area contributed by atoms with Crippen LogP contribution >= 0.6 is 11.3 Å². The largest absolute Gasteiger partial charge is 0.312 e. The molecule has 0 atom stereocenters. The van der Waals surface area contributed by atoms with Gasteiger partial charge in [0.15, 0.2) is 0 Å². The molecule has 21 heavy (non-hydrogen) atoms. The number of hydrogen-bond acceptors (Lipinski definition) is 6. The molecule has 0 bridgehead atoms. The number of nitrogens with one attached hydrogen (secondary N) is 2. The molecule has 8 heteroatoms. The van der Waals surface area contributed by atoms with E-state index < -0.39 is 10.0 Å². The molecule has 0 radical (unpaired) electrons. The molecule has 114 valence electrons. The molecular weight excluding hydrogens is 308 g/mol. The molecule has 0 fully saturated rings. The van der Waals surface area contributed by atoms with Crippen LogP contribution in [0.1, 0.15) is 23.9 Å². The minimum atomic E-state index is -3.50. The van der Waals surface area contributed by atoms with E-state index in [1.165, 1.54) is 11.3 Å². The lowest BCUT2D eigenvalue weighted by atomic mass is 10.4. The topological polar surface area (TPSA) is 84.0 Å². The summed E-state index contributed by atoms with van der Waals surface area (Å²) in [5.74, 6) is 0. The maximum absolute atomic E-state index is 12.2. The van der Waals surface area contributed by atoms with Crippen LogP contribution in [0.5, 0.6) is 0 Å². The minimum absolute atomic E-state index is 0.136. The molecule has 2 aromatic heterocycles. The van der Waals surface area contributed by atoms with Crippen molar-refractivity contribution in [1.82, 2.24) is 20.2 Å². The number of hydrogen-bond donors (Lipinski definition) is 2. The van der Waals surface area contributed by atoms with Crippen molar-refractivity contribution in [1.29, 1.82) is 0 Å². The van der Waals surface area contributed by atoms with Crippen molar-refractivity contribution in [3.8, 4) is 0 Å². The Bertz CT molecular complexity index is 656. The maximum atomic E-state index is 12.2. The van der Waals surface area contributed by atoms with Gasteiger partial charge in [-0.25, -0.2) is 13.1 Å². The molecule has 2 rings (SSSR count). The summed E-state index contributed by atoms with van der Waals surface area (Å²) in [4.78, 5) is 1.00. The lowest BCUT2D eigenvalue weighted by molar-refractivity contribution is 0.582. The quantitative estimate of drug-likeness (QED) is 0.719. The van der Waals surface area contributed by atoms with E-state index in [9.17, 15) is 8.42 Å². The van der Waals surface area contributed by atoms with E-state index in [1.54, 1.807) is 24.4 Å². The summed E-state index contributed by atoms with van der Waals surface area (Å²) in [7, 11) is -3.50. The van der Waals surface area contributed by atoms with Gasteiger partial charge in [-0.3, -0.25) is 0 Å². The molecule has 0 saturated carbocycles. The first kappa shape index (κ1) is 16.0. The van der Waals surface area contributed by atoms with Crippen molar-refractivity contribution in [2.75, 3.05) is 6.54 Å². The van der Waals surface area contributed by atoms with Crippen molar-refractivity contribution in [3.05, 3.63) is 41.0 Å². The normalized spacial score (nSPS) is 11.7. The second-order valence-electron chi connectivity index (χ2n) is 4.44. The Morgan fingerprint density at radius 3 is 2.81 bits per heavy atom. The SMILES string of the molecule is CCCNCc1ccc(S(=O)(=O)NCc2cccnn2)s1. The van der Waals surface area contributed by atoms with Crippen molar-refractivity contribution in [2.24, 2.45) is 0 Å². The molecule has 6 nitrogen and oxygen atoms in total. The lowest BCUT2D eigenvalue weighted by Crippen LogP contribution is -2.23. The summed E-state index contributed by atoms with van der Waals surface area (Å²) in [5.41, 5.74) is 0.586. The molecule has 0 unspecified atom stereocenters. The summed E-state index contributed by atoms with van der Waals surface area (Å²) in [6.07, 6.45) is 2.60. The average molecular weight is 326 g/mol. The lowest BCUT2D eigenvalue weighted by Gasteiger charge is -2.03. The second kappa shape index (κ2) is 7.60. The summed E-state index contributed by atoms with van der Waals surface area (Å²) in [6, 6.07) is 6.92. The average Bonchev–Trinajstić information content (AvgIpc) is 2.96. The van der Waals surface area contributed by atoms with Gasteiger partial charge < -0.3 is 5.32 Å². The number of rotatable bonds is 8. The predicted molar refractivity (Wildman–Crippen MR) is 82.4 cm³/mol. The van der Waals surface area contributed by atoms with Crippen LogP contribution in [-0.2, 0) is 23.1 Å². The Hall–Kier alpha value is -1.35. The molecule has 0 aliphatic heterocycles. The zero-order chi connectivity index (χ0) is 15.1. The fourth-order valence-electron chi connectivity index (χ4n) is 1.65. The van der Waals surface area contributed by atoms with Crippen molar-refractivity contribution < 1.29 is 8.42 Å². The second-order valence-corrected chi connectivity index (χ2v) is 7.60. The van der Waals surface area contributed by atoms with Gasteiger partial charge in [0.25, 0.3) is 0 Å². The van der Waals surface area contributed by atoms with Gasteiger partial charge in [-0.05, 0) is 37.2 Å². The predicted octanol–water partition coefficient (Wildman–Crippen LogP) is 1.52. The molecule has 0 aliphatic rings. The summed E-state index contributed by atoms with van der Waals surface area (Å²) in [5, 5.41) is 10.8. The maximum Gasteiger partial charge on any atom is 0.250 e. The van der Waals surface area contributed by atoms with Gasteiger partial charge in [0.2, 0.25) is 10.0 Å². The van der Waals surface area contributed by atoms with Crippen molar-refractivity contribution in [3.63, 3.8) is 0 Å². The van der Waals surface area contributed by atoms with Crippen LogP contribution in [0.2, 0.25) is 0 Å². The van der Waals surface area contributed by atoms with Crippen LogP contribution in [-0.4, -0.2) is 25.2 Å². The molecule has 2 N–H and O–H groups in total. The summed E-state index contributed by atoms with van der Waals surface area (Å²) >= 11 is 1.28. The summed E-state index contributed by atoms with van der Waals surface area (Å²) in [6.45, 7) is 3.84. The van der Waals surface area contributed by atoms with Crippen LogP contribution in [0, 0.1) is 0 Å². The Kier molecular flexibility index (Phi) is 5.80. The Morgan fingerprint density at radius 2 is 2.10 bits per heavy atom. The molecule has 0 aliphatic carbocycles. The van der Waals surface area contributed by atoms with Crippen LogP contribution in [0.25, 0.3) is 0 Å². The van der Waals surface area contributed by atoms with Gasteiger partial charge >= 0.3 is 0 Å². The highest BCUT2D eigenvalue weighted by atomic mass is 32.2. The molecule has 2 heterocycles. The fourth-order valence-corrected chi connectivity index (χ4v) is 4.02. The number of nitrogens with zero attached hydrogens (tertiary/aromatic N) is 2. The summed E-state index contributed by atoms with van der Waals surface area (Å²) < 4.78 is 27.2. The highest BCUT2D eigenvalue weighted by molar-refractivity contribution is 7.91. The first-order chi connectivity index (χ1) is 10.1. The Labute approximate surface area is 128 Å². The van der Waals surface area contributed by atoms with Gasteiger partial charge in [-0.1, -0.05) is 6.92 Å². The van der Waals surface area contributed by atoms with Gasteiger partial charge in [0.1, 0.15) is 4.21 Å². The minimum Gasteiger partial charge on any atom is -0.312 e. The van der Waals surface area contributed by atoms with Crippen LogP contribution in [0.15, 0.2) is 34.7 Å². The van der Waals surface area contributed by atoms with E-state index in [0.717, 1.165) is 17.8 Å². The highest BCUT2D eigenvalue weighted by Gasteiger charge is 2.16. The third kappa shape index (κ3) is 4.85. The first-order valence-corrected chi connectivity index (χ1v) is 8.97. The van der Waals surface area contributed by atoms with Gasteiger partial charge in [0.05, 0.1) is 12.2 Å². The van der Waals surface area contributed by atoms with E-state index in [1.807, 2.05) is 6.07 Å². The smallest absolute Gasteiger partial charge is 0.250 e. The molecular formula is C13H18N4O2S2. The monoisotopic (exact) mass is 326 g/mol. The van der Waals surface area contributed by atoms with E-state index >= 15 is 0 Å². The van der Waals surface area contributed by atoms with E-state index in [0.29, 0.717) is 16.4 Å². The van der Waals surface area contributed by atoms with E-state index in [-0.39, 0.29) is 6.54 Å². The number of aromatic nitrogens is 2. The van der Waals surface area contributed by atoms with E-state index in [4.69, 9.17) is 0 Å². The third-order valence-electron chi connectivity index (χ3n) is 2.70. The zero-order valence-corrected chi connectivity index (χ0v) is 13.4. The van der Waals surface area contributed by atoms with Gasteiger partial charge in [-0.15, -0.1) is 11.3 Å². The van der Waals surface area contributed by atoms with Gasteiger partial charge in [-0.2, -0.15) is 10.2 Å². The molecule has 0 saturated heterocycles. The Balaban J connectivity index is 1.96. The standard InChI is InChI=1S/C13H18N4O2S2/c1-2-7-14-10-12-5-6-13(20-12)21(18,19)16-9-11-4-3-8-15-17-11/h3-6,8,14,16H,2,7,9-10H2,1H3.